The van der Waals surface area contributed by atoms with Gasteiger partial charge in [-0.3, -0.25) is 13.8 Å². The fourth-order valence-electron chi connectivity index (χ4n) is 7.48. The molecule has 5 rings (SSSR count). The predicted molar refractivity (Wildman–Crippen MR) is 215 cm³/mol. The Morgan fingerprint density at radius 1 is 1.00 bits per heavy atom. The van der Waals surface area contributed by atoms with Crippen molar-refractivity contribution in [2.75, 3.05) is 30.3 Å². The normalized spacial score (nSPS) is 17.6. The van der Waals surface area contributed by atoms with Gasteiger partial charge in [-0.05, 0) is 85.9 Å². The Labute approximate surface area is 319 Å². The SMILES string of the molecule is CCC/C=C(/COc1cc2c(cc1C)N(c1ccccc1)CC(CCCC)(CCCC)CS2=O)NC(C(=O)NCC(=O)O)c1ccc(C2CCC2)cc1. The number of unbranched alkanes of at least 4 members (excludes halogenated alkanes) is 3. The summed E-state index contributed by atoms with van der Waals surface area (Å²) >= 11 is 0. The molecule has 0 aromatic heterocycles. The van der Waals surface area contributed by atoms with Crippen molar-refractivity contribution in [1.29, 1.82) is 0 Å². The maximum Gasteiger partial charge on any atom is 0.322 e. The Bertz CT molecular complexity index is 1710. The summed E-state index contributed by atoms with van der Waals surface area (Å²) in [5.41, 5.74) is 5.68. The first kappa shape index (κ1) is 40.1. The van der Waals surface area contributed by atoms with Crippen molar-refractivity contribution in [1.82, 2.24) is 10.6 Å². The van der Waals surface area contributed by atoms with Crippen molar-refractivity contribution in [3.8, 4) is 5.75 Å². The van der Waals surface area contributed by atoms with Crippen LogP contribution in [0.3, 0.4) is 0 Å². The molecule has 1 aliphatic heterocycles. The van der Waals surface area contributed by atoms with E-state index in [0.717, 1.165) is 91.0 Å². The molecule has 0 radical (unpaired) electrons. The van der Waals surface area contributed by atoms with Crippen molar-refractivity contribution in [2.45, 2.75) is 115 Å². The number of rotatable bonds is 19. The molecule has 9 heteroatoms. The Kier molecular flexibility index (Phi) is 14.6. The number of benzene rings is 3. The van der Waals surface area contributed by atoms with Crippen LogP contribution >= 0.6 is 0 Å². The lowest BCUT2D eigenvalue weighted by molar-refractivity contribution is -0.138. The third kappa shape index (κ3) is 10.5. The van der Waals surface area contributed by atoms with E-state index in [9.17, 15) is 18.9 Å². The average molecular weight is 742 g/mol. The minimum absolute atomic E-state index is 0.0764. The van der Waals surface area contributed by atoms with Gasteiger partial charge in [0.2, 0.25) is 5.91 Å². The van der Waals surface area contributed by atoms with E-state index >= 15 is 0 Å². The van der Waals surface area contributed by atoms with Crippen molar-refractivity contribution in [3.05, 3.63) is 95.2 Å². The second kappa shape index (κ2) is 19.3. The number of fused-ring (bicyclic) bond motifs is 1. The number of nitrogens with zero attached hydrogens (tertiary/aromatic N) is 1. The Morgan fingerprint density at radius 2 is 1.70 bits per heavy atom. The first-order valence-corrected chi connectivity index (χ1v) is 21.0. The molecular formula is C44H59N3O5S. The van der Waals surface area contributed by atoms with Gasteiger partial charge in [-0.15, -0.1) is 0 Å². The number of aryl methyl sites for hydroxylation is 1. The standard InChI is InChI=1S/C44H59N3O5S/c1-5-8-17-36(46-42(43(50)45-28-41(48)49)35-22-20-34(21-23-35)33-15-14-16-33)29-52-39-27-40-38(26-32(39)4)47(37-18-12-11-13-19-37)30-44(24-9-6-2,25-10-7-3)31-53(40)51/h11-13,17-23,26-27,33,42,46H,5-10,14-16,24-25,28-31H2,1-4H3,(H,45,50)(H,48,49)/b36-17-. The number of carbonyl (C=O) groups excluding carboxylic acids is 1. The summed E-state index contributed by atoms with van der Waals surface area (Å²) < 4.78 is 21.0. The maximum absolute atomic E-state index is 14.5. The lowest BCUT2D eigenvalue weighted by atomic mass is 9.79. The number of amides is 1. The number of nitrogens with one attached hydrogen (secondary N) is 2. The molecule has 8 nitrogen and oxygen atoms in total. The van der Waals surface area contributed by atoms with Crippen LogP contribution in [0.15, 0.2) is 83.4 Å². The van der Waals surface area contributed by atoms with E-state index in [2.05, 4.69) is 78.8 Å². The summed E-state index contributed by atoms with van der Waals surface area (Å²) in [4.78, 5) is 28.0. The largest absolute Gasteiger partial charge is 0.487 e. The number of hydrogen-bond donors (Lipinski definition) is 3. The molecule has 286 valence electrons. The molecule has 1 aliphatic carbocycles. The topological polar surface area (TPSA) is 108 Å². The number of allylic oxidation sites excluding steroid dienone is 1. The minimum atomic E-state index is -1.24. The van der Waals surface area contributed by atoms with Crippen LogP contribution in [0.4, 0.5) is 11.4 Å². The number of anilines is 2. The van der Waals surface area contributed by atoms with Gasteiger partial charge >= 0.3 is 5.97 Å². The van der Waals surface area contributed by atoms with Gasteiger partial charge in [0.25, 0.3) is 0 Å². The fourth-order valence-corrected chi connectivity index (χ4v) is 9.21. The van der Waals surface area contributed by atoms with Gasteiger partial charge in [0.05, 0.1) is 21.4 Å². The molecule has 0 spiro atoms. The van der Waals surface area contributed by atoms with Gasteiger partial charge in [-0.2, -0.15) is 0 Å². The average Bonchev–Trinajstić information content (AvgIpc) is 3.25. The maximum atomic E-state index is 14.5. The number of para-hydroxylation sites is 1. The van der Waals surface area contributed by atoms with E-state index < -0.39 is 35.3 Å². The summed E-state index contributed by atoms with van der Waals surface area (Å²) in [6.07, 6.45) is 13.8. The van der Waals surface area contributed by atoms with Crippen LogP contribution in [0.5, 0.6) is 5.75 Å². The highest BCUT2D eigenvalue weighted by Crippen LogP contribution is 2.45. The molecule has 0 saturated heterocycles. The molecule has 3 N–H and O–H groups in total. The van der Waals surface area contributed by atoms with Crippen molar-refractivity contribution in [3.63, 3.8) is 0 Å². The van der Waals surface area contributed by atoms with E-state index in [0.29, 0.717) is 17.4 Å². The van der Waals surface area contributed by atoms with E-state index in [4.69, 9.17) is 4.74 Å². The minimum Gasteiger partial charge on any atom is -0.487 e. The van der Waals surface area contributed by atoms with Gasteiger partial charge < -0.3 is 25.4 Å². The van der Waals surface area contributed by atoms with E-state index in [1.165, 1.54) is 24.8 Å². The lowest BCUT2D eigenvalue weighted by Crippen LogP contribution is -2.40. The summed E-state index contributed by atoms with van der Waals surface area (Å²) in [5, 5.41) is 15.3. The van der Waals surface area contributed by atoms with Crippen LogP contribution < -0.4 is 20.3 Å². The monoisotopic (exact) mass is 741 g/mol. The van der Waals surface area contributed by atoms with Crippen molar-refractivity contribution in [2.24, 2.45) is 5.41 Å². The zero-order valence-electron chi connectivity index (χ0n) is 32.1. The highest BCUT2D eigenvalue weighted by atomic mass is 32.2. The molecule has 2 atom stereocenters. The van der Waals surface area contributed by atoms with Crippen LogP contribution in [-0.2, 0) is 20.4 Å². The van der Waals surface area contributed by atoms with E-state index in [-0.39, 0.29) is 12.0 Å². The first-order valence-electron chi connectivity index (χ1n) is 19.7. The molecule has 1 amide bonds. The van der Waals surface area contributed by atoms with Gasteiger partial charge in [0, 0.05) is 29.1 Å². The molecule has 1 heterocycles. The van der Waals surface area contributed by atoms with E-state index in [1.807, 2.05) is 37.3 Å². The number of hydrogen-bond acceptors (Lipinski definition) is 6. The molecule has 2 aliphatic rings. The summed E-state index contributed by atoms with van der Waals surface area (Å²) in [5.74, 6) is 0.311. The van der Waals surface area contributed by atoms with Gasteiger partial charge in [-0.1, -0.05) is 108 Å². The Morgan fingerprint density at radius 3 is 2.30 bits per heavy atom. The quantitative estimate of drug-likeness (QED) is 0.112. The zero-order valence-corrected chi connectivity index (χ0v) is 32.9. The third-order valence-corrected chi connectivity index (χ3v) is 12.5. The number of aliphatic carboxylic acids is 1. The van der Waals surface area contributed by atoms with E-state index in [1.54, 1.807) is 0 Å². The number of carboxylic acids is 1. The smallest absolute Gasteiger partial charge is 0.322 e. The van der Waals surface area contributed by atoms with Crippen LogP contribution in [0.25, 0.3) is 0 Å². The molecule has 53 heavy (non-hydrogen) atoms. The zero-order chi connectivity index (χ0) is 37.8. The molecule has 0 bridgehead atoms. The highest BCUT2D eigenvalue weighted by Gasteiger charge is 2.39. The van der Waals surface area contributed by atoms with Crippen LogP contribution in [0.2, 0.25) is 0 Å². The second-order valence-electron chi connectivity index (χ2n) is 15.0. The van der Waals surface area contributed by atoms with Crippen molar-refractivity contribution >= 4 is 34.1 Å². The summed E-state index contributed by atoms with van der Waals surface area (Å²) in [6, 6.07) is 21.8. The number of carboxylic acid groups (broad SMARTS) is 1. The Balaban J connectivity index is 1.44. The third-order valence-electron chi connectivity index (χ3n) is 10.8. The molecule has 3 aromatic rings. The lowest BCUT2D eigenvalue weighted by Gasteiger charge is -2.37. The number of ether oxygens (including phenoxy) is 1. The van der Waals surface area contributed by atoms with Crippen molar-refractivity contribution < 1.29 is 23.6 Å². The predicted octanol–water partition coefficient (Wildman–Crippen LogP) is 9.48. The molecule has 1 fully saturated rings. The summed E-state index contributed by atoms with van der Waals surface area (Å²) in [7, 11) is -1.24. The molecule has 2 unspecified atom stereocenters. The summed E-state index contributed by atoms with van der Waals surface area (Å²) in [6.45, 7) is 9.09. The second-order valence-corrected chi connectivity index (χ2v) is 16.4. The fraction of sp³-hybridized carbons (Fsp3) is 0.500. The Hall–Kier alpha value is -4.11. The molecular weight excluding hydrogens is 683 g/mol. The highest BCUT2D eigenvalue weighted by molar-refractivity contribution is 7.85. The van der Waals surface area contributed by atoms with Crippen LogP contribution in [-0.4, -0.2) is 46.6 Å². The van der Waals surface area contributed by atoms with Gasteiger partial charge in [0.1, 0.15) is 24.9 Å². The first-order chi connectivity index (χ1) is 25.7. The van der Waals surface area contributed by atoms with Crippen LogP contribution in [0.1, 0.15) is 120 Å². The van der Waals surface area contributed by atoms with Crippen LogP contribution in [0, 0.1) is 12.3 Å². The van der Waals surface area contributed by atoms with Gasteiger partial charge in [-0.25, -0.2) is 0 Å². The van der Waals surface area contributed by atoms with Gasteiger partial charge in [0.15, 0.2) is 0 Å². The number of carbonyl (C=O) groups is 2. The molecule has 1 saturated carbocycles. The molecule has 3 aromatic carbocycles.